The lowest BCUT2D eigenvalue weighted by Gasteiger charge is -1.99. The van der Waals surface area contributed by atoms with Crippen LogP contribution in [0.15, 0.2) is 36.5 Å². The molecule has 2 rings (SSSR count). The van der Waals surface area contributed by atoms with Crippen LogP contribution in [0.5, 0.6) is 0 Å². The number of aromatic nitrogens is 1. The number of carbonyl (C=O) groups is 1. The van der Waals surface area contributed by atoms with Crippen molar-refractivity contribution in [2.75, 3.05) is 0 Å². The molecule has 1 heterocycles. The van der Waals surface area contributed by atoms with Crippen LogP contribution in [0.1, 0.15) is 43.7 Å². The van der Waals surface area contributed by atoms with E-state index in [9.17, 15) is 4.79 Å². The molecule has 3 nitrogen and oxygen atoms in total. The van der Waals surface area contributed by atoms with Gasteiger partial charge in [0.15, 0.2) is 0 Å². The summed E-state index contributed by atoms with van der Waals surface area (Å²) in [6.07, 6.45) is 14.0. The number of carboxylic acid groups (broad SMARTS) is 1. The lowest BCUT2D eigenvalue weighted by atomic mass is 10.1. The number of nitrogens with zero attached hydrogens (tertiary/aromatic N) is 1. The molecular weight excluding hydrogens is 274 g/mol. The molecule has 1 aromatic heterocycles. The molecule has 0 aliphatic rings. The number of rotatable bonds is 7. The van der Waals surface area contributed by atoms with Gasteiger partial charge in [-0.2, -0.15) is 0 Å². The van der Waals surface area contributed by atoms with E-state index in [4.69, 9.17) is 5.11 Å². The fourth-order valence-electron chi connectivity index (χ4n) is 2.57. The maximum absolute atomic E-state index is 10.7. The molecule has 0 radical (unpaired) electrons. The summed E-state index contributed by atoms with van der Waals surface area (Å²) in [6, 6.07) is 6.30. The average Bonchev–Trinajstić information content (AvgIpc) is 2.81. The Hall–Kier alpha value is -2.29. The van der Waals surface area contributed by atoms with E-state index in [1.54, 1.807) is 6.08 Å². The van der Waals surface area contributed by atoms with E-state index in [0.29, 0.717) is 0 Å². The highest BCUT2D eigenvalue weighted by molar-refractivity contribution is 5.94. The van der Waals surface area contributed by atoms with Gasteiger partial charge in [0, 0.05) is 35.8 Å². The first-order valence-electron chi connectivity index (χ1n) is 7.78. The molecule has 2 aromatic rings. The SMILES string of the molecule is CCCCCC=Cc1ccc2c(c1)c(C=CC(=O)O)cn2C. The van der Waals surface area contributed by atoms with E-state index >= 15 is 0 Å². The molecule has 0 aliphatic carbocycles. The molecule has 0 saturated carbocycles. The Bertz CT molecular complexity index is 708. The molecule has 0 amide bonds. The summed E-state index contributed by atoms with van der Waals surface area (Å²) < 4.78 is 2.02. The number of aliphatic carboxylic acids is 1. The smallest absolute Gasteiger partial charge is 0.328 e. The van der Waals surface area contributed by atoms with Crippen molar-refractivity contribution in [3.8, 4) is 0 Å². The normalized spacial score (nSPS) is 11.9. The van der Waals surface area contributed by atoms with Crippen molar-refractivity contribution in [3.63, 3.8) is 0 Å². The van der Waals surface area contributed by atoms with Crippen LogP contribution < -0.4 is 0 Å². The highest BCUT2D eigenvalue weighted by atomic mass is 16.4. The molecule has 1 N–H and O–H groups in total. The number of hydrogen-bond acceptors (Lipinski definition) is 1. The largest absolute Gasteiger partial charge is 0.478 e. The summed E-state index contributed by atoms with van der Waals surface area (Å²) in [5.74, 6) is -0.927. The molecule has 0 aliphatic heterocycles. The third kappa shape index (κ3) is 4.10. The Morgan fingerprint density at radius 2 is 2.09 bits per heavy atom. The molecule has 0 saturated heterocycles. The number of unbranched alkanes of at least 4 members (excludes halogenated alkanes) is 3. The van der Waals surface area contributed by atoms with Gasteiger partial charge in [-0.25, -0.2) is 4.79 Å². The minimum Gasteiger partial charge on any atom is -0.478 e. The predicted octanol–water partition coefficient (Wildman–Crippen LogP) is 4.87. The number of aryl methyl sites for hydroxylation is 1. The highest BCUT2D eigenvalue weighted by Crippen LogP contribution is 2.24. The summed E-state index contributed by atoms with van der Waals surface area (Å²) >= 11 is 0. The van der Waals surface area contributed by atoms with Crippen molar-refractivity contribution in [3.05, 3.63) is 47.7 Å². The van der Waals surface area contributed by atoms with Crippen molar-refractivity contribution in [1.82, 2.24) is 4.57 Å². The van der Waals surface area contributed by atoms with Gasteiger partial charge in [-0.15, -0.1) is 0 Å². The third-order valence-corrected chi connectivity index (χ3v) is 3.73. The maximum atomic E-state index is 10.7. The van der Waals surface area contributed by atoms with Crippen LogP contribution in [0.3, 0.4) is 0 Å². The van der Waals surface area contributed by atoms with Gasteiger partial charge in [0.2, 0.25) is 0 Å². The number of carboxylic acids is 1. The number of fused-ring (bicyclic) bond motifs is 1. The van der Waals surface area contributed by atoms with E-state index < -0.39 is 5.97 Å². The summed E-state index contributed by atoms with van der Waals surface area (Å²) in [5, 5.41) is 9.87. The molecule has 116 valence electrons. The third-order valence-electron chi connectivity index (χ3n) is 3.73. The fraction of sp³-hybridized carbons (Fsp3) is 0.316. The summed E-state index contributed by atoms with van der Waals surface area (Å²) in [7, 11) is 1.97. The quantitative estimate of drug-likeness (QED) is 0.585. The van der Waals surface area contributed by atoms with E-state index in [1.807, 2.05) is 17.8 Å². The second kappa shape index (κ2) is 7.64. The van der Waals surface area contributed by atoms with Crippen molar-refractivity contribution in [1.29, 1.82) is 0 Å². The maximum Gasteiger partial charge on any atom is 0.328 e. The topological polar surface area (TPSA) is 42.2 Å². The Kier molecular flexibility index (Phi) is 5.59. The number of benzene rings is 1. The van der Waals surface area contributed by atoms with Crippen LogP contribution in [-0.2, 0) is 11.8 Å². The minimum atomic E-state index is -0.927. The van der Waals surface area contributed by atoms with Crippen LogP contribution >= 0.6 is 0 Å². The van der Waals surface area contributed by atoms with E-state index in [0.717, 1.165) is 28.5 Å². The van der Waals surface area contributed by atoms with E-state index in [2.05, 4.69) is 37.3 Å². The Morgan fingerprint density at radius 3 is 2.82 bits per heavy atom. The number of hydrogen-bond donors (Lipinski definition) is 1. The van der Waals surface area contributed by atoms with Gasteiger partial charge < -0.3 is 9.67 Å². The first kappa shape index (κ1) is 16.1. The van der Waals surface area contributed by atoms with Crippen LogP contribution in [0.2, 0.25) is 0 Å². The molecule has 0 fully saturated rings. The van der Waals surface area contributed by atoms with Gasteiger partial charge in [0.05, 0.1) is 0 Å². The van der Waals surface area contributed by atoms with Crippen LogP contribution in [0.4, 0.5) is 0 Å². The van der Waals surface area contributed by atoms with E-state index in [1.165, 1.54) is 25.3 Å². The van der Waals surface area contributed by atoms with Gasteiger partial charge in [-0.1, -0.05) is 38.0 Å². The summed E-state index contributed by atoms with van der Waals surface area (Å²) in [5.41, 5.74) is 3.19. The summed E-state index contributed by atoms with van der Waals surface area (Å²) in [6.45, 7) is 2.21. The van der Waals surface area contributed by atoms with Crippen molar-refractivity contribution >= 4 is 29.0 Å². The molecule has 0 unspecified atom stereocenters. The molecular formula is C19H23NO2. The minimum absolute atomic E-state index is 0.927. The Morgan fingerprint density at radius 1 is 1.27 bits per heavy atom. The number of allylic oxidation sites excluding steroid dienone is 1. The van der Waals surface area contributed by atoms with E-state index in [-0.39, 0.29) is 0 Å². The van der Waals surface area contributed by atoms with Gasteiger partial charge in [-0.05, 0) is 36.6 Å². The zero-order valence-electron chi connectivity index (χ0n) is 13.2. The standard InChI is InChI=1S/C19H23NO2/c1-3-4-5-6-7-8-15-9-11-18-17(13-15)16(14-20(18)2)10-12-19(21)22/h7-14H,3-6H2,1-2H3,(H,21,22). The van der Waals surface area contributed by atoms with Gasteiger partial charge in [0.1, 0.15) is 0 Å². The van der Waals surface area contributed by atoms with Gasteiger partial charge >= 0.3 is 5.97 Å². The van der Waals surface area contributed by atoms with Crippen LogP contribution in [0.25, 0.3) is 23.1 Å². The monoisotopic (exact) mass is 297 g/mol. The van der Waals surface area contributed by atoms with Crippen LogP contribution in [0, 0.1) is 0 Å². The van der Waals surface area contributed by atoms with Gasteiger partial charge in [-0.3, -0.25) is 0 Å². The Labute approximate surface area is 131 Å². The molecule has 22 heavy (non-hydrogen) atoms. The lowest BCUT2D eigenvalue weighted by Crippen LogP contribution is -1.85. The predicted molar refractivity (Wildman–Crippen MR) is 92.8 cm³/mol. The van der Waals surface area contributed by atoms with Crippen molar-refractivity contribution < 1.29 is 9.90 Å². The van der Waals surface area contributed by atoms with Crippen molar-refractivity contribution in [2.24, 2.45) is 7.05 Å². The molecule has 0 atom stereocenters. The fourth-order valence-corrected chi connectivity index (χ4v) is 2.57. The highest BCUT2D eigenvalue weighted by Gasteiger charge is 2.05. The zero-order valence-corrected chi connectivity index (χ0v) is 13.2. The van der Waals surface area contributed by atoms with Crippen molar-refractivity contribution in [2.45, 2.75) is 32.6 Å². The summed E-state index contributed by atoms with van der Waals surface area (Å²) in [4.78, 5) is 10.7. The molecule has 3 heteroatoms. The first-order chi connectivity index (χ1) is 10.6. The average molecular weight is 297 g/mol. The molecule has 0 spiro atoms. The first-order valence-corrected chi connectivity index (χ1v) is 7.78. The second-order valence-corrected chi connectivity index (χ2v) is 5.54. The van der Waals surface area contributed by atoms with Crippen LogP contribution in [-0.4, -0.2) is 15.6 Å². The molecule has 0 bridgehead atoms. The lowest BCUT2D eigenvalue weighted by molar-refractivity contribution is -0.131. The molecule has 1 aromatic carbocycles. The Balaban J connectivity index is 2.24. The zero-order chi connectivity index (χ0) is 15.9. The second-order valence-electron chi connectivity index (χ2n) is 5.54. The van der Waals surface area contributed by atoms with Gasteiger partial charge in [0.25, 0.3) is 0 Å².